The third-order valence-electron chi connectivity index (χ3n) is 5.04. The molecule has 4 rings (SSSR count). The zero-order valence-electron chi connectivity index (χ0n) is 12.9. The smallest absolute Gasteiger partial charge is 0.182 e. The van der Waals surface area contributed by atoms with Crippen LogP contribution < -0.4 is 0 Å². The number of nitrogens with zero attached hydrogens (tertiary/aromatic N) is 1. The van der Waals surface area contributed by atoms with E-state index in [1.54, 1.807) is 0 Å². The molecule has 1 N–H and O–H groups in total. The molecule has 0 saturated carbocycles. The van der Waals surface area contributed by atoms with Crippen LogP contribution in [0.4, 0.5) is 4.39 Å². The van der Waals surface area contributed by atoms with Gasteiger partial charge in [-0.05, 0) is 36.1 Å². The van der Waals surface area contributed by atoms with E-state index in [9.17, 15) is 9.50 Å². The third kappa shape index (κ3) is 2.67. The Morgan fingerprint density at radius 2 is 1.78 bits per heavy atom. The summed E-state index contributed by atoms with van der Waals surface area (Å²) in [6.45, 7) is 2.62. The van der Waals surface area contributed by atoms with Crippen LogP contribution in [0.15, 0.2) is 48.5 Å². The zero-order chi connectivity index (χ0) is 15.9. The zero-order valence-corrected chi connectivity index (χ0v) is 12.9. The molecule has 1 fully saturated rings. The molecule has 2 aromatic rings. The molecule has 0 amide bonds. The molecule has 0 bridgehead atoms. The fourth-order valence-corrected chi connectivity index (χ4v) is 3.78. The van der Waals surface area contributed by atoms with Crippen LogP contribution in [0.1, 0.15) is 35.8 Å². The van der Waals surface area contributed by atoms with E-state index in [1.807, 2.05) is 30.3 Å². The van der Waals surface area contributed by atoms with Crippen molar-refractivity contribution < 1.29 is 14.2 Å². The SMILES string of the molecule is OC1OC2(CCN(Cc3ccc(F)cc3)CC2)c2ccccc21. The average Bonchev–Trinajstić information content (AvgIpc) is 2.85. The first-order valence-electron chi connectivity index (χ1n) is 8.08. The van der Waals surface area contributed by atoms with E-state index >= 15 is 0 Å². The molecule has 0 radical (unpaired) electrons. The largest absolute Gasteiger partial charge is 0.364 e. The predicted octanol–water partition coefficient (Wildman–Crippen LogP) is 3.34. The highest BCUT2D eigenvalue weighted by molar-refractivity contribution is 5.37. The summed E-state index contributed by atoms with van der Waals surface area (Å²) < 4.78 is 18.9. The molecular weight excluding hydrogens is 293 g/mol. The van der Waals surface area contributed by atoms with Gasteiger partial charge < -0.3 is 9.84 Å². The first-order valence-corrected chi connectivity index (χ1v) is 8.08. The fourth-order valence-electron chi connectivity index (χ4n) is 3.78. The second-order valence-corrected chi connectivity index (χ2v) is 6.45. The van der Waals surface area contributed by atoms with Crippen molar-refractivity contribution in [3.63, 3.8) is 0 Å². The minimum atomic E-state index is -0.810. The molecule has 2 aliphatic rings. The number of rotatable bonds is 2. The molecule has 1 saturated heterocycles. The van der Waals surface area contributed by atoms with Gasteiger partial charge in [-0.2, -0.15) is 0 Å². The summed E-state index contributed by atoms with van der Waals surface area (Å²) in [4.78, 5) is 2.36. The lowest BCUT2D eigenvalue weighted by Crippen LogP contribution is -2.42. The van der Waals surface area contributed by atoms with E-state index in [0.29, 0.717) is 0 Å². The van der Waals surface area contributed by atoms with Crippen LogP contribution >= 0.6 is 0 Å². The van der Waals surface area contributed by atoms with Crippen LogP contribution in [0.3, 0.4) is 0 Å². The summed E-state index contributed by atoms with van der Waals surface area (Å²) in [6, 6.07) is 14.7. The topological polar surface area (TPSA) is 32.7 Å². The van der Waals surface area contributed by atoms with Crippen molar-refractivity contribution in [2.45, 2.75) is 31.3 Å². The van der Waals surface area contributed by atoms with Gasteiger partial charge in [-0.3, -0.25) is 4.90 Å². The molecule has 4 heteroatoms. The molecule has 1 atom stereocenters. The summed E-state index contributed by atoms with van der Waals surface area (Å²) in [5.41, 5.74) is 2.80. The van der Waals surface area contributed by atoms with Crippen molar-refractivity contribution in [2.75, 3.05) is 13.1 Å². The first-order chi connectivity index (χ1) is 11.2. The summed E-state index contributed by atoms with van der Waals surface area (Å²) in [7, 11) is 0. The normalized spacial score (nSPS) is 23.1. The van der Waals surface area contributed by atoms with Crippen LogP contribution in [0.5, 0.6) is 0 Å². The third-order valence-corrected chi connectivity index (χ3v) is 5.04. The number of benzene rings is 2. The van der Waals surface area contributed by atoms with Gasteiger partial charge in [-0.25, -0.2) is 4.39 Å². The number of hydrogen-bond acceptors (Lipinski definition) is 3. The lowest BCUT2D eigenvalue weighted by molar-refractivity contribution is -0.189. The quantitative estimate of drug-likeness (QED) is 0.923. The Bertz CT molecular complexity index is 693. The van der Waals surface area contributed by atoms with Crippen LogP contribution in [-0.4, -0.2) is 23.1 Å². The number of ether oxygens (including phenoxy) is 1. The van der Waals surface area contributed by atoms with E-state index in [1.165, 1.54) is 12.1 Å². The predicted molar refractivity (Wildman–Crippen MR) is 85.1 cm³/mol. The highest BCUT2D eigenvalue weighted by atomic mass is 19.1. The summed E-state index contributed by atoms with van der Waals surface area (Å²) in [6.07, 6.45) is 0.916. The second-order valence-electron chi connectivity index (χ2n) is 6.45. The number of aliphatic hydroxyl groups is 1. The molecule has 3 nitrogen and oxygen atoms in total. The number of piperidine rings is 1. The maximum atomic E-state index is 13.0. The Kier molecular flexibility index (Phi) is 3.68. The van der Waals surface area contributed by atoms with Crippen LogP contribution in [0, 0.1) is 5.82 Å². The van der Waals surface area contributed by atoms with Crippen molar-refractivity contribution in [2.24, 2.45) is 0 Å². The average molecular weight is 313 g/mol. The molecule has 120 valence electrons. The van der Waals surface area contributed by atoms with Gasteiger partial charge in [0.1, 0.15) is 5.82 Å². The second kappa shape index (κ2) is 5.71. The summed E-state index contributed by atoms with van der Waals surface area (Å²) >= 11 is 0. The van der Waals surface area contributed by atoms with Gasteiger partial charge in [-0.15, -0.1) is 0 Å². The number of fused-ring (bicyclic) bond motifs is 2. The fraction of sp³-hybridized carbons (Fsp3) is 0.368. The number of likely N-dealkylation sites (tertiary alicyclic amines) is 1. The van der Waals surface area contributed by atoms with Gasteiger partial charge in [0.15, 0.2) is 6.29 Å². The summed E-state index contributed by atoms with van der Waals surface area (Å²) in [5, 5.41) is 10.2. The maximum absolute atomic E-state index is 13.0. The summed E-state index contributed by atoms with van der Waals surface area (Å²) in [5.74, 6) is -0.198. The molecule has 1 spiro atoms. The lowest BCUT2D eigenvalue weighted by atomic mass is 9.83. The maximum Gasteiger partial charge on any atom is 0.182 e. The molecule has 2 aliphatic heterocycles. The Morgan fingerprint density at radius 1 is 1.09 bits per heavy atom. The van der Waals surface area contributed by atoms with Crippen LogP contribution in [-0.2, 0) is 16.9 Å². The molecule has 0 aliphatic carbocycles. The Labute approximate surface area is 135 Å². The Balaban J connectivity index is 1.46. The van der Waals surface area contributed by atoms with Crippen molar-refractivity contribution in [1.82, 2.24) is 4.90 Å². The van der Waals surface area contributed by atoms with Gasteiger partial charge in [0.05, 0.1) is 5.60 Å². The van der Waals surface area contributed by atoms with Crippen molar-refractivity contribution in [1.29, 1.82) is 0 Å². The van der Waals surface area contributed by atoms with Gasteiger partial charge in [-0.1, -0.05) is 36.4 Å². The lowest BCUT2D eigenvalue weighted by Gasteiger charge is -2.39. The molecule has 1 unspecified atom stereocenters. The van der Waals surface area contributed by atoms with Crippen molar-refractivity contribution in [3.05, 3.63) is 71.0 Å². The molecule has 2 heterocycles. The molecular formula is C19H20FNO2. The molecule has 23 heavy (non-hydrogen) atoms. The number of halogens is 1. The van der Waals surface area contributed by atoms with E-state index in [0.717, 1.165) is 49.2 Å². The number of hydrogen-bond donors (Lipinski definition) is 1. The van der Waals surface area contributed by atoms with Crippen molar-refractivity contribution in [3.8, 4) is 0 Å². The van der Waals surface area contributed by atoms with Crippen LogP contribution in [0.2, 0.25) is 0 Å². The highest BCUT2D eigenvalue weighted by Crippen LogP contribution is 2.48. The van der Waals surface area contributed by atoms with Gasteiger partial charge in [0.25, 0.3) is 0 Å². The van der Waals surface area contributed by atoms with Gasteiger partial charge in [0.2, 0.25) is 0 Å². The minimum Gasteiger partial charge on any atom is -0.364 e. The Morgan fingerprint density at radius 3 is 2.52 bits per heavy atom. The van der Waals surface area contributed by atoms with E-state index in [4.69, 9.17) is 4.74 Å². The number of aliphatic hydroxyl groups excluding tert-OH is 1. The molecule has 0 aromatic heterocycles. The van der Waals surface area contributed by atoms with Gasteiger partial charge >= 0.3 is 0 Å². The highest BCUT2D eigenvalue weighted by Gasteiger charge is 2.45. The monoisotopic (exact) mass is 313 g/mol. The van der Waals surface area contributed by atoms with E-state index < -0.39 is 6.29 Å². The molecule has 2 aromatic carbocycles. The van der Waals surface area contributed by atoms with Crippen molar-refractivity contribution >= 4 is 0 Å². The minimum absolute atomic E-state index is 0.198. The standard InChI is InChI=1S/C19H20FNO2/c20-15-7-5-14(6-8-15)13-21-11-9-19(10-12-21)17-4-2-1-3-16(17)18(22)23-19/h1-8,18,22H,9-13H2. The van der Waals surface area contributed by atoms with Gasteiger partial charge in [0, 0.05) is 25.2 Å². The Hall–Kier alpha value is -1.75. The van der Waals surface area contributed by atoms with Crippen LogP contribution in [0.25, 0.3) is 0 Å². The van der Waals surface area contributed by atoms with E-state index in [2.05, 4.69) is 11.0 Å². The first kappa shape index (κ1) is 14.8. The van der Waals surface area contributed by atoms with E-state index in [-0.39, 0.29) is 11.4 Å².